The Morgan fingerprint density at radius 1 is 1.04 bits per heavy atom. The highest BCUT2D eigenvalue weighted by Crippen LogP contribution is 2.35. The van der Waals surface area contributed by atoms with E-state index in [9.17, 15) is 9.90 Å². The summed E-state index contributed by atoms with van der Waals surface area (Å²) in [5.74, 6) is -0.429. The van der Waals surface area contributed by atoms with E-state index in [2.05, 4.69) is 60.8 Å². The fraction of sp³-hybridized carbons (Fsp3) is 0.320. The van der Waals surface area contributed by atoms with Crippen LogP contribution >= 0.6 is 0 Å². The number of carboxylic acid groups (broad SMARTS) is 1. The van der Waals surface area contributed by atoms with Gasteiger partial charge in [-0.1, -0.05) is 61.0 Å². The smallest absolute Gasteiger partial charge is 0.335 e. The second-order valence-corrected chi connectivity index (χ2v) is 7.95. The second kappa shape index (κ2) is 8.15. The molecule has 0 radical (unpaired) electrons. The summed E-state index contributed by atoms with van der Waals surface area (Å²) in [7, 11) is 0. The van der Waals surface area contributed by atoms with Crippen LogP contribution < -0.4 is 5.32 Å². The molecule has 0 bridgehead atoms. The predicted molar refractivity (Wildman–Crippen MR) is 114 cm³/mol. The van der Waals surface area contributed by atoms with Gasteiger partial charge in [0.15, 0.2) is 0 Å². The summed E-state index contributed by atoms with van der Waals surface area (Å²) in [6, 6.07) is 23.3. The Hall–Kier alpha value is -2.65. The van der Waals surface area contributed by atoms with Crippen LogP contribution in [0, 0.1) is 0 Å². The van der Waals surface area contributed by atoms with E-state index in [1.54, 1.807) is 6.07 Å². The molecule has 144 valence electrons. The minimum absolute atomic E-state index is 0.278. The molecular formula is C25H27NO2. The molecule has 0 heterocycles. The first-order valence-corrected chi connectivity index (χ1v) is 10.2. The molecule has 3 heteroatoms. The molecule has 0 aliphatic heterocycles. The molecule has 0 aromatic heterocycles. The maximum Gasteiger partial charge on any atom is 0.335 e. The van der Waals surface area contributed by atoms with Crippen LogP contribution in [0.1, 0.15) is 66.1 Å². The van der Waals surface area contributed by atoms with E-state index in [1.165, 1.54) is 29.2 Å². The molecule has 3 nitrogen and oxygen atoms in total. The first-order chi connectivity index (χ1) is 13.6. The summed E-state index contributed by atoms with van der Waals surface area (Å²) in [5, 5.41) is 15.7. The Bertz CT molecular complexity index is 976. The summed E-state index contributed by atoms with van der Waals surface area (Å²) in [4.78, 5) is 11.3. The van der Waals surface area contributed by atoms with Crippen molar-refractivity contribution in [3.8, 4) is 0 Å². The molecular weight excluding hydrogens is 346 g/mol. The minimum Gasteiger partial charge on any atom is -0.478 e. The zero-order valence-corrected chi connectivity index (χ0v) is 16.3. The van der Waals surface area contributed by atoms with Crippen molar-refractivity contribution in [2.75, 3.05) is 0 Å². The highest BCUT2D eigenvalue weighted by atomic mass is 16.4. The molecule has 1 aliphatic carbocycles. The monoisotopic (exact) mass is 373 g/mol. The third-order valence-corrected chi connectivity index (χ3v) is 6.05. The third-order valence-electron chi connectivity index (χ3n) is 6.05. The minimum atomic E-state index is -0.850. The van der Waals surface area contributed by atoms with Gasteiger partial charge in [-0.25, -0.2) is 4.79 Å². The zero-order chi connectivity index (χ0) is 19.5. The lowest BCUT2D eigenvalue weighted by Gasteiger charge is -2.32. The maximum absolute atomic E-state index is 11.3. The number of hydrogen-bond acceptors (Lipinski definition) is 2. The van der Waals surface area contributed by atoms with Gasteiger partial charge in [-0.2, -0.15) is 0 Å². The number of fused-ring (bicyclic) bond motifs is 1. The lowest BCUT2D eigenvalue weighted by atomic mass is 9.80. The molecule has 4 rings (SSSR count). The molecule has 0 saturated heterocycles. The Balaban J connectivity index is 1.49. The molecule has 0 spiro atoms. The SMILES string of the molecule is C[C@@H](NC1CCCC(c2cccc(C(=O)O)c2)C1)c1cccc2ccccc12. The molecule has 3 atom stereocenters. The van der Waals surface area contributed by atoms with Crippen molar-refractivity contribution >= 4 is 16.7 Å². The van der Waals surface area contributed by atoms with Crippen molar-refractivity contribution in [3.05, 3.63) is 83.4 Å². The van der Waals surface area contributed by atoms with Crippen molar-refractivity contribution in [3.63, 3.8) is 0 Å². The van der Waals surface area contributed by atoms with Gasteiger partial charge < -0.3 is 10.4 Å². The number of benzene rings is 3. The number of carboxylic acids is 1. The number of rotatable bonds is 5. The lowest BCUT2D eigenvalue weighted by Crippen LogP contribution is -2.35. The van der Waals surface area contributed by atoms with E-state index in [1.807, 2.05) is 12.1 Å². The summed E-state index contributed by atoms with van der Waals surface area (Å²) < 4.78 is 0. The molecule has 2 unspecified atom stereocenters. The molecule has 2 N–H and O–H groups in total. The van der Waals surface area contributed by atoms with Crippen molar-refractivity contribution in [1.82, 2.24) is 5.32 Å². The first-order valence-electron chi connectivity index (χ1n) is 10.2. The molecule has 3 aromatic rings. The van der Waals surface area contributed by atoms with Gasteiger partial charge in [0.1, 0.15) is 0 Å². The zero-order valence-electron chi connectivity index (χ0n) is 16.3. The van der Waals surface area contributed by atoms with E-state index in [0.29, 0.717) is 17.5 Å². The van der Waals surface area contributed by atoms with Gasteiger partial charge >= 0.3 is 5.97 Å². The van der Waals surface area contributed by atoms with Crippen LogP contribution in [0.25, 0.3) is 10.8 Å². The highest BCUT2D eigenvalue weighted by molar-refractivity contribution is 5.87. The van der Waals surface area contributed by atoms with Crippen molar-refractivity contribution in [2.45, 2.75) is 50.6 Å². The molecule has 3 aromatic carbocycles. The van der Waals surface area contributed by atoms with Crippen LogP contribution in [0.3, 0.4) is 0 Å². The fourth-order valence-electron chi connectivity index (χ4n) is 4.64. The average molecular weight is 373 g/mol. The van der Waals surface area contributed by atoms with Gasteiger partial charge in [0.2, 0.25) is 0 Å². The quantitative estimate of drug-likeness (QED) is 0.584. The van der Waals surface area contributed by atoms with Gasteiger partial charge in [0, 0.05) is 12.1 Å². The molecule has 1 aliphatic rings. The number of hydrogen-bond donors (Lipinski definition) is 2. The Morgan fingerprint density at radius 3 is 2.68 bits per heavy atom. The Kier molecular flexibility index (Phi) is 5.45. The average Bonchev–Trinajstić information content (AvgIpc) is 2.73. The van der Waals surface area contributed by atoms with Crippen LogP contribution in [-0.2, 0) is 0 Å². The summed E-state index contributed by atoms with van der Waals surface area (Å²) in [6.07, 6.45) is 4.52. The van der Waals surface area contributed by atoms with Crippen molar-refractivity contribution in [1.29, 1.82) is 0 Å². The van der Waals surface area contributed by atoms with Gasteiger partial charge in [0.25, 0.3) is 0 Å². The van der Waals surface area contributed by atoms with Gasteiger partial charge in [0.05, 0.1) is 5.56 Å². The van der Waals surface area contributed by atoms with Gasteiger partial charge in [-0.15, -0.1) is 0 Å². The number of carbonyl (C=O) groups is 1. The summed E-state index contributed by atoms with van der Waals surface area (Å²) in [5.41, 5.74) is 2.88. The lowest BCUT2D eigenvalue weighted by molar-refractivity contribution is 0.0696. The number of aromatic carboxylic acids is 1. The largest absolute Gasteiger partial charge is 0.478 e. The first kappa shape index (κ1) is 18.7. The van der Waals surface area contributed by atoms with Crippen LogP contribution in [0.4, 0.5) is 0 Å². The van der Waals surface area contributed by atoms with Gasteiger partial charge in [-0.05, 0) is 66.1 Å². The number of nitrogens with one attached hydrogen (secondary N) is 1. The molecule has 1 fully saturated rings. The molecule has 0 amide bonds. The second-order valence-electron chi connectivity index (χ2n) is 7.95. The van der Waals surface area contributed by atoms with Crippen LogP contribution in [0.2, 0.25) is 0 Å². The topological polar surface area (TPSA) is 49.3 Å². The third kappa shape index (κ3) is 3.95. The predicted octanol–water partition coefficient (Wildman–Crippen LogP) is 5.92. The van der Waals surface area contributed by atoms with E-state index < -0.39 is 5.97 Å². The standard InChI is InChI=1S/C25H27NO2/c1-17(23-14-6-8-18-7-2-3-13-24(18)23)26-22-12-5-10-20(16-22)19-9-4-11-21(15-19)25(27)28/h2-4,6-9,11,13-15,17,20,22,26H,5,10,12,16H2,1H3,(H,27,28)/t17-,20?,22?/m1/s1. The van der Waals surface area contributed by atoms with Crippen LogP contribution in [0.15, 0.2) is 66.7 Å². The van der Waals surface area contributed by atoms with Crippen LogP contribution in [-0.4, -0.2) is 17.1 Å². The Morgan fingerprint density at radius 2 is 1.82 bits per heavy atom. The van der Waals surface area contributed by atoms with E-state index >= 15 is 0 Å². The summed E-state index contributed by atoms with van der Waals surface area (Å²) in [6.45, 7) is 2.25. The van der Waals surface area contributed by atoms with Crippen LogP contribution in [0.5, 0.6) is 0 Å². The summed E-state index contributed by atoms with van der Waals surface area (Å²) >= 11 is 0. The van der Waals surface area contributed by atoms with E-state index in [4.69, 9.17) is 0 Å². The maximum atomic E-state index is 11.3. The molecule has 1 saturated carbocycles. The molecule has 28 heavy (non-hydrogen) atoms. The normalized spacial score (nSPS) is 20.8. The van der Waals surface area contributed by atoms with Crippen molar-refractivity contribution < 1.29 is 9.90 Å². The van der Waals surface area contributed by atoms with Crippen molar-refractivity contribution in [2.24, 2.45) is 0 Å². The Labute approximate surface area is 166 Å². The van der Waals surface area contributed by atoms with E-state index in [0.717, 1.165) is 18.4 Å². The fourth-order valence-corrected chi connectivity index (χ4v) is 4.64. The van der Waals surface area contributed by atoms with Gasteiger partial charge in [-0.3, -0.25) is 0 Å². The highest BCUT2D eigenvalue weighted by Gasteiger charge is 2.25. The van der Waals surface area contributed by atoms with E-state index in [-0.39, 0.29) is 6.04 Å².